The van der Waals surface area contributed by atoms with Crippen molar-refractivity contribution in [2.45, 2.75) is 30.8 Å². The topological polar surface area (TPSA) is 95.7 Å². The van der Waals surface area contributed by atoms with Crippen molar-refractivity contribution in [3.63, 3.8) is 0 Å². The monoisotopic (exact) mass is 322 g/mol. The summed E-state index contributed by atoms with van der Waals surface area (Å²) < 4.78 is 7.51. The minimum Gasteiger partial charge on any atom is -0.419 e. The number of thioether (sulfide) groups is 1. The molecule has 3 rings (SSSR count). The van der Waals surface area contributed by atoms with Gasteiger partial charge in [0.1, 0.15) is 0 Å². The fraction of sp³-hybridized carbons (Fsp3) is 0.333. The molecule has 0 saturated heterocycles. The van der Waals surface area contributed by atoms with E-state index in [0.717, 1.165) is 10.0 Å². The molecular formula is C12H14N6OS2. The maximum atomic E-state index is 5.81. The van der Waals surface area contributed by atoms with Gasteiger partial charge in [-0.05, 0) is 25.3 Å². The molecule has 0 saturated carbocycles. The average molecular weight is 322 g/mol. The lowest BCUT2D eigenvalue weighted by Crippen LogP contribution is -2.07. The molecule has 3 heterocycles. The van der Waals surface area contributed by atoms with Gasteiger partial charge >= 0.3 is 0 Å². The Morgan fingerprint density at radius 3 is 2.90 bits per heavy atom. The van der Waals surface area contributed by atoms with Crippen LogP contribution in [0.25, 0.3) is 10.8 Å². The summed E-state index contributed by atoms with van der Waals surface area (Å²) in [6.45, 7) is 4.07. The molecular weight excluding hydrogens is 308 g/mol. The zero-order valence-electron chi connectivity index (χ0n) is 11.6. The minimum absolute atomic E-state index is 0.201. The van der Waals surface area contributed by atoms with E-state index in [1.165, 1.54) is 11.8 Å². The van der Waals surface area contributed by atoms with E-state index >= 15 is 0 Å². The van der Waals surface area contributed by atoms with Gasteiger partial charge in [-0.15, -0.1) is 31.7 Å². The zero-order chi connectivity index (χ0) is 14.8. The fourth-order valence-corrected chi connectivity index (χ4v) is 3.37. The molecule has 7 nitrogen and oxygen atoms in total. The predicted molar refractivity (Wildman–Crippen MR) is 82.0 cm³/mol. The number of thiophene rings is 1. The summed E-state index contributed by atoms with van der Waals surface area (Å²) >= 11 is 3.04. The lowest BCUT2D eigenvalue weighted by atomic mass is 10.4. The molecule has 0 aromatic carbocycles. The summed E-state index contributed by atoms with van der Waals surface area (Å²) in [6, 6.07) is 4.10. The molecule has 110 valence electrons. The van der Waals surface area contributed by atoms with Crippen LogP contribution in [0.4, 0.5) is 5.95 Å². The summed E-state index contributed by atoms with van der Waals surface area (Å²) in [5, 5.41) is 18.8. The van der Waals surface area contributed by atoms with Crippen LogP contribution in [-0.4, -0.2) is 25.0 Å². The number of nitrogens with zero attached hydrogens (tertiary/aromatic N) is 5. The molecule has 0 aliphatic carbocycles. The third-order valence-electron chi connectivity index (χ3n) is 2.73. The third-order valence-corrected chi connectivity index (χ3v) is 4.52. The first-order valence-electron chi connectivity index (χ1n) is 6.34. The number of nitrogens with two attached hydrogens (primary N) is 1. The number of hydrogen-bond donors (Lipinski definition) is 1. The van der Waals surface area contributed by atoms with Crippen molar-refractivity contribution in [1.29, 1.82) is 0 Å². The number of rotatable bonds is 5. The first-order chi connectivity index (χ1) is 10.1. The molecule has 0 amide bonds. The quantitative estimate of drug-likeness (QED) is 0.721. The van der Waals surface area contributed by atoms with Crippen molar-refractivity contribution in [1.82, 2.24) is 25.0 Å². The summed E-state index contributed by atoms with van der Waals surface area (Å²) in [5.74, 6) is 2.05. The van der Waals surface area contributed by atoms with Gasteiger partial charge in [-0.2, -0.15) is 0 Å². The number of aromatic nitrogens is 5. The van der Waals surface area contributed by atoms with E-state index in [1.54, 1.807) is 11.3 Å². The number of hydrogen-bond acceptors (Lipinski definition) is 8. The van der Waals surface area contributed by atoms with E-state index in [0.29, 0.717) is 23.5 Å². The molecule has 3 aromatic rings. The summed E-state index contributed by atoms with van der Waals surface area (Å²) in [4.78, 5) is 0.966. The SMILES string of the molecule is CC(C)n1c(N)nnc1SCc1nnc(-c2cccs2)o1. The first kappa shape index (κ1) is 14.1. The van der Waals surface area contributed by atoms with E-state index in [-0.39, 0.29) is 6.04 Å². The van der Waals surface area contributed by atoms with Gasteiger partial charge < -0.3 is 10.2 Å². The Morgan fingerprint density at radius 2 is 2.19 bits per heavy atom. The largest absolute Gasteiger partial charge is 0.419 e. The van der Waals surface area contributed by atoms with E-state index in [1.807, 2.05) is 35.9 Å². The molecule has 2 N–H and O–H groups in total. The normalized spacial score (nSPS) is 11.4. The Labute approximate surface area is 129 Å². The Morgan fingerprint density at radius 1 is 1.33 bits per heavy atom. The standard InChI is InChI=1S/C12H14N6OS2/c1-7(2)18-11(13)16-17-12(18)21-6-9-14-15-10(19-9)8-4-3-5-20-8/h3-5,7H,6H2,1-2H3,(H2,13,16). The Balaban J connectivity index is 1.71. The molecule has 3 aromatic heterocycles. The third kappa shape index (κ3) is 2.93. The highest BCUT2D eigenvalue weighted by Gasteiger charge is 2.15. The maximum absolute atomic E-state index is 5.81. The van der Waals surface area contributed by atoms with Gasteiger partial charge in [0, 0.05) is 6.04 Å². The van der Waals surface area contributed by atoms with Crippen LogP contribution >= 0.6 is 23.1 Å². The molecule has 0 atom stereocenters. The van der Waals surface area contributed by atoms with Gasteiger partial charge in [0.05, 0.1) is 10.6 Å². The van der Waals surface area contributed by atoms with Crippen LogP contribution in [0.2, 0.25) is 0 Å². The van der Waals surface area contributed by atoms with Crippen LogP contribution in [0.5, 0.6) is 0 Å². The Hall–Kier alpha value is -1.87. The van der Waals surface area contributed by atoms with E-state index in [2.05, 4.69) is 20.4 Å². The number of anilines is 1. The second-order valence-electron chi connectivity index (χ2n) is 4.57. The Kier molecular flexibility index (Phi) is 3.93. The molecule has 21 heavy (non-hydrogen) atoms. The lowest BCUT2D eigenvalue weighted by molar-refractivity contribution is 0.527. The predicted octanol–water partition coefficient (Wildman–Crippen LogP) is 2.85. The molecule has 0 aliphatic heterocycles. The van der Waals surface area contributed by atoms with Crippen LogP contribution in [0, 0.1) is 0 Å². The maximum Gasteiger partial charge on any atom is 0.257 e. The smallest absolute Gasteiger partial charge is 0.257 e. The van der Waals surface area contributed by atoms with Gasteiger partial charge in [-0.25, -0.2) is 0 Å². The molecule has 9 heteroatoms. The van der Waals surface area contributed by atoms with E-state index < -0.39 is 0 Å². The zero-order valence-corrected chi connectivity index (χ0v) is 13.2. The van der Waals surface area contributed by atoms with Crippen molar-refractivity contribution in [3.05, 3.63) is 23.4 Å². The van der Waals surface area contributed by atoms with Crippen LogP contribution in [0.1, 0.15) is 25.8 Å². The van der Waals surface area contributed by atoms with Gasteiger partial charge in [-0.1, -0.05) is 17.8 Å². The second kappa shape index (κ2) is 5.86. The summed E-state index contributed by atoms with van der Waals surface area (Å²) in [6.07, 6.45) is 0. The van der Waals surface area contributed by atoms with Gasteiger partial charge in [0.2, 0.25) is 11.8 Å². The summed E-state index contributed by atoms with van der Waals surface area (Å²) in [7, 11) is 0. The van der Waals surface area contributed by atoms with Crippen LogP contribution in [-0.2, 0) is 5.75 Å². The molecule has 0 aliphatic rings. The minimum atomic E-state index is 0.201. The fourth-order valence-electron chi connectivity index (χ4n) is 1.81. The lowest BCUT2D eigenvalue weighted by Gasteiger charge is -2.10. The highest BCUT2D eigenvalue weighted by Crippen LogP contribution is 2.27. The van der Waals surface area contributed by atoms with Crippen LogP contribution in [0.3, 0.4) is 0 Å². The molecule has 0 bridgehead atoms. The van der Waals surface area contributed by atoms with Crippen LogP contribution < -0.4 is 5.73 Å². The highest BCUT2D eigenvalue weighted by atomic mass is 32.2. The molecule has 0 unspecified atom stereocenters. The van der Waals surface area contributed by atoms with Crippen molar-refractivity contribution in [3.8, 4) is 10.8 Å². The Bertz CT molecular complexity index is 718. The summed E-state index contributed by atoms with van der Waals surface area (Å²) in [5.41, 5.74) is 5.81. The van der Waals surface area contributed by atoms with Crippen LogP contribution in [0.15, 0.2) is 27.1 Å². The first-order valence-corrected chi connectivity index (χ1v) is 8.21. The van der Waals surface area contributed by atoms with E-state index in [4.69, 9.17) is 10.2 Å². The van der Waals surface area contributed by atoms with Gasteiger partial charge in [-0.3, -0.25) is 4.57 Å². The molecule has 0 spiro atoms. The molecule has 0 radical (unpaired) electrons. The van der Waals surface area contributed by atoms with Crippen molar-refractivity contribution in [2.75, 3.05) is 5.73 Å². The molecule has 0 fully saturated rings. The van der Waals surface area contributed by atoms with E-state index in [9.17, 15) is 0 Å². The second-order valence-corrected chi connectivity index (χ2v) is 6.46. The highest BCUT2D eigenvalue weighted by molar-refractivity contribution is 7.98. The van der Waals surface area contributed by atoms with Crippen molar-refractivity contribution in [2.24, 2.45) is 0 Å². The average Bonchev–Trinajstić information content (AvgIpc) is 3.16. The van der Waals surface area contributed by atoms with Crippen molar-refractivity contribution >= 4 is 29.0 Å². The van der Waals surface area contributed by atoms with Crippen molar-refractivity contribution < 1.29 is 4.42 Å². The number of nitrogen functional groups attached to an aromatic ring is 1. The van der Waals surface area contributed by atoms with Gasteiger partial charge in [0.15, 0.2) is 5.16 Å². The van der Waals surface area contributed by atoms with Gasteiger partial charge in [0.25, 0.3) is 5.89 Å².